The number of fused-ring (bicyclic) bond motifs is 4. The van der Waals surface area contributed by atoms with Crippen LogP contribution in [-0.2, 0) is 38.5 Å². The molecule has 0 fully saturated rings. The minimum Gasteiger partial charge on any atom is -0.383 e. The Bertz CT molecular complexity index is 1620. The molecule has 4 aliphatic carbocycles. The van der Waals surface area contributed by atoms with E-state index in [-0.39, 0.29) is 23.7 Å². The molecule has 2 atom stereocenters. The van der Waals surface area contributed by atoms with Gasteiger partial charge in [0, 0.05) is 22.5 Å². The number of nitrogen functional groups attached to an aromatic ring is 2. The van der Waals surface area contributed by atoms with E-state index in [0.717, 1.165) is 144 Å². The van der Waals surface area contributed by atoms with E-state index in [2.05, 4.69) is 52.0 Å². The second kappa shape index (κ2) is 12.0. The molecule has 4 heterocycles. The summed E-state index contributed by atoms with van der Waals surface area (Å²) >= 11 is 6.94. The van der Waals surface area contributed by atoms with E-state index < -0.39 is 0 Å². The Labute approximate surface area is 273 Å². The first-order valence-corrected chi connectivity index (χ1v) is 17.4. The molecule has 0 bridgehead atoms. The van der Waals surface area contributed by atoms with Gasteiger partial charge >= 0.3 is 0 Å². The molecule has 44 heavy (non-hydrogen) atoms. The lowest BCUT2D eigenvalue weighted by molar-refractivity contribution is 0.0846. The van der Waals surface area contributed by atoms with Crippen molar-refractivity contribution in [3.05, 3.63) is 66.4 Å². The lowest BCUT2D eigenvalue weighted by atomic mass is 9.86. The van der Waals surface area contributed by atoms with E-state index in [4.69, 9.17) is 11.5 Å². The van der Waals surface area contributed by atoms with Crippen LogP contribution < -0.4 is 11.5 Å². The molecule has 10 nitrogen and oxygen atoms in total. The highest BCUT2D eigenvalue weighted by atomic mass is 79.9. The average Bonchev–Trinajstić information content (AvgIpc) is 3.79. The van der Waals surface area contributed by atoms with Gasteiger partial charge < -0.3 is 21.4 Å². The van der Waals surface area contributed by atoms with Crippen molar-refractivity contribution in [1.29, 1.82) is 0 Å². The van der Waals surface area contributed by atoms with Crippen molar-refractivity contribution in [1.82, 2.24) is 29.5 Å². The van der Waals surface area contributed by atoms with Gasteiger partial charge in [-0.3, -0.25) is 9.59 Å². The number of carbonyl (C=O) groups is 2. The highest BCUT2D eigenvalue weighted by molar-refractivity contribution is 9.10. The van der Waals surface area contributed by atoms with E-state index in [0.29, 0.717) is 11.6 Å². The van der Waals surface area contributed by atoms with Crippen molar-refractivity contribution >= 4 is 55.3 Å². The van der Waals surface area contributed by atoms with Crippen molar-refractivity contribution in [2.75, 3.05) is 11.5 Å². The van der Waals surface area contributed by atoms with Gasteiger partial charge in [-0.1, -0.05) is 0 Å². The molecule has 0 amide bonds. The van der Waals surface area contributed by atoms with Gasteiger partial charge in [0.05, 0.1) is 32.4 Å². The smallest absolute Gasteiger partial charge is 0.256 e. The third-order valence-corrected chi connectivity index (χ3v) is 10.7. The van der Waals surface area contributed by atoms with Crippen LogP contribution in [0.15, 0.2) is 21.3 Å². The molecule has 232 valence electrons. The van der Waals surface area contributed by atoms with Gasteiger partial charge in [-0.25, -0.2) is 0 Å². The Hall–Kier alpha value is -3.12. The number of anilines is 2. The van der Waals surface area contributed by atoms with Crippen LogP contribution in [0.25, 0.3) is 0 Å². The SMILES string of the molecule is Nc1c2c(nn1C(=O)[C@@H]1CCCc3[nH]c(Br)cc31)CCCC2.Nc1c2c(nn1C(=O)[C@H]1CCCc3[nH]c(Br)cc31)CCCC2. The fraction of sp³-hybridized carbons (Fsp3) is 0.500. The van der Waals surface area contributed by atoms with E-state index in [1.165, 1.54) is 9.36 Å². The number of carbonyl (C=O) groups excluding carboxylic acids is 2. The number of nitrogens with two attached hydrogens (primary N) is 2. The van der Waals surface area contributed by atoms with Gasteiger partial charge in [-0.2, -0.15) is 19.6 Å². The van der Waals surface area contributed by atoms with Crippen LogP contribution in [-0.4, -0.2) is 41.3 Å². The Morgan fingerprint density at radius 3 is 1.48 bits per heavy atom. The fourth-order valence-corrected chi connectivity index (χ4v) is 8.54. The topological polar surface area (TPSA) is 153 Å². The average molecular weight is 727 g/mol. The monoisotopic (exact) mass is 724 g/mol. The van der Waals surface area contributed by atoms with Crippen molar-refractivity contribution in [3.63, 3.8) is 0 Å². The molecule has 8 rings (SSSR count). The molecular formula is C32H38Br2N8O2. The molecule has 4 aromatic heterocycles. The number of hydrogen-bond acceptors (Lipinski definition) is 6. The Kier molecular flexibility index (Phi) is 8.07. The van der Waals surface area contributed by atoms with E-state index >= 15 is 0 Å². The van der Waals surface area contributed by atoms with Gasteiger partial charge in [0.2, 0.25) is 0 Å². The first-order chi connectivity index (χ1) is 21.3. The van der Waals surface area contributed by atoms with Gasteiger partial charge in [-0.15, -0.1) is 0 Å². The lowest BCUT2D eigenvalue weighted by Crippen LogP contribution is -2.25. The van der Waals surface area contributed by atoms with Crippen LogP contribution in [0.5, 0.6) is 0 Å². The van der Waals surface area contributed by atoms with Crippen molar-refractivity contribution in [2.45, 2.75) is 102 Å². The summed E-state index contributed by atoms with van der Waals surface area (Å²) < 4.78 is 4.81. The number of aromatic nitrogens is 6. The molecule has 0 aromatic carbocycles. The Balaban J connectivity index is 0.000000142. The molecule has 0 saturated carbocycles. The number of aryl methyl sites for hydroxylation is 4. The zero-order valence-corrected chi connectivity index (χ0v) is 27.9. The minimum absolute atomic E-state index is 0.0133. The number of aromatic amines is 2. The van der Waals surface area contributed by atoms with E-state index in [9.17, 15) is 9.59 Å². The van der Waals surface area contributed by atoms with Crippen LogP contribution in [0.4, 0.5) is 11.6 Å². The molecule has 4 aromatic rings. The van der Waals surface area contributed by atoms with E-state index in [1.54, 1.807) is 0 Å². The first-order valence-electron chi connectivity index (χ1n) is 15.9. The van der Waals surface area contributed by atoms with Crippen LogP contribution in [0.2, 0.25) is 0 Å². The third-order valence-electron chi connectivity index (χ3n) is 9.80. The van der Waals surface area contributed by atoms with Gasteiger partial charge in [-0.05, 0) is 145 Å². The molecule has 0 radical (unpaired) electrons. The molecule has 0 unspecified atom stereocenters. The molecule has 0 saturated heterocycles. The highest BCUT2D eigenvalue weighted by Crippen LogP contribution is 2.37. The summed E-state index contributed by atoms with van der Waals surface area (Å²) in [6, 6.07) is 4.05. The fourth-order valence-electron chi connectivity index (χ4n) is 7.56. The summed E-state index contributed by atoms with van der Waals surface area (Å²) in [5, 5.41) is 9.05. The lowest BCUT2D eigenvalue weighted by Gasteiger charge is -2.21. The van der Waals surface area contributed by atoms with Gasteiger partial charge in [0.25, 0.3) is 11.8 Å². The number of rotatable bonds is 2. The number of nitrogens with zero attached hydrogens (tertiary/aromatic N) is 4. The number of halogens is 2. The minimum atomic E-state index is -0.144. The predicted molar refractivity (Wildman–Crippen MR) is 176 cm³/mol. The summed E-state index contributed by atoms with van der Waals surface area (Å²) in [5.74, 6) is 0.853. The summed E-state index contributed by atoms with van der Waals surface area (Å²) in [4.78, 5) is 32.6. The maximum atomic E-state index is 13.0. The first kappa shape index (κ1) is 29.6. The van der Waals surface area contributed by atoms with Crippen molar-refractivity contribution in [3.8, 4) is 0 Å². The zero-order chi connectivity index (χ0) is 30.5. The van der Waals surface area contributed by atoms with Crippen molar-refractivity contribution < 1.29 is 9.59 Å². The van der Waals surface area contributed by atoms with Crippen LogP contribution in [0.1, 0.15) is 118 Å². The summed E-state index contributed by atoms with van der Waals surface area (Å²) in [5.41, 5.74) is 21.2. The molecule has 0 spiro atoms. The summed E-state index contributed by atoms with van der Waals surface area (Å²) in [6.07, 6.45) is 14.0. The largest absolute Gasteiger partial charge is 0.383 e. The third kappa shape index (κ3) is 5.27. The molecule has 0 aliphatic heterocycles. The number of nitrogens with one attached hydrogen (secondary N) is 2. The number of H-pyrrole nitrogens is 2. The second-order valence-electron chi connectivity index (χ2n) is 12.5. The normalized spacial score (nSPS) is 20.5. The van der Waals surface area contributed by atoms with Crippen LogP contribution in [0.3, 0.4) is 0 Å². The molecule has 12 heteroatoms. The maximum absolute atomic E-state index is 13.0. The zero-order valence-electron chi connectivity index (χ0n) is 24.7. The van der Waals surface area contributed by atoms with Crippen LogP contribution >= 0.6 is 31.9 Å². The maximum Gasteiger partial charge on any atom is 0.256 e. The molecule has 6 N–H and O–H groups in total. The van der Waals surface area contributed by atoms with Gasteiger partial charge in [0.1, 0.15) is 11.6 Å². The Morgan fingerprint density at radius 2 is 1.07 bits per heavy atom. The highest BCUT2D eigenvalue weighted by Gasteiger charge is 2.33. The second-order valence-corrected chi connectivity index (χ2v) is 14.2. The van der Waals surface area contributed by atoms with Crippen molar-refractivity contribution in [2.24, 2.45) is 0 Å². The summed E-state index contributed by atoms with van der Waals surface area (Å²) in [7, 11) is 0. The van der Waals surface area contributed by atoms with Gasteiger partial charge in [0.15, 0.2) is 0 Å². The van der Waals surface area contributed by atoms with Crippen LogP contribution in [0, 0.1) is 0 Å². The number of hydrogen-bond donors (Lipinski definition) is 4. The molecular weight excluding hydrogens is 688 g/mol. The molecule has 4 aliphatic rings. The standard InChI is InChI=1S/2C16H19BrN4O/c2*17-14-8-11-9(5-3-7-12(11)19-14)16(22)21-15(18)10-4-1-2-6-13(10)20-21/h2*8-9,19H,1-7,18H2/t2*9-/m10/s1. The quantitative estimate of drug-likeness (QED) is 0.188. The van der Waals surface area contributed by atoms with E-state index in [1.807, 2.05) is 12.1 Å². The summed E-state index contributed by atoms with van der Waals surface area (Å²) in [6.45, 7) is 0. The Morgan fingerprint density at radius 1 is 0.659 bits per heavy atom. The predicted octanol–water partition coefficient (Wildman–Crippen LogP) is 6.39.